The summed E-state index contributed by atoms with van der Waals surface area (Å²) in [7, 11) is 0. The first-order valence-electron chi connectivity index (χ1n) is 6.31. The van der Waals surface area contributed by atoms with Gasteiger partial charge >= 0.3 is 0 Å². The van der Waals surface area contributed by atoms with E-state index >= 15 is 0 Å². The fourth-order valence-corrected chi connectivity index (χ4v) is 2.98. The van der Waals surface area contributed by atoms with Crippen LogP contribution in [0.5, 0.6) is 0 Å². The summed E-state index contributed by atoms with van der Waals surface area (Å²) in [6.07, 6.45) is 1.60. The first kappa shape index (κ1) is 12.2. The Morgan fingerprint density at radius 1 is 1.11 bits per heavy atom. The number of hydrogen-bond acceptors (Lipinski definition) is 2. The number of rotatable bonds is 2. The maximum absolute atomic E-state index is 12.5. The molecule has 0 aliphatic heterocycles. The van der Waals surface area contributed by atoms with Crippen LogP contribution in [0, 0.1) is 5.92 Å². The number of nitrogens with two attached hydrogens (primary N) is 1. The van der Waals surface area contributed by atoms with Gasteiger partial charge in [0.1, 0.15) is 0 Å². The molecule has 2 nitrogen and oxygen atoms in total. The number of nitrogen functional groups attached to an aromatic ring is 1. The number of carbonyl (C=O) groups is 1. The smallest absolute Gasteiger partial charge is 0.168 e. The minimum atomic E-state index is -0.00137. The van der Waals surface area contributed by atoms with Crippen LogP contribution < -0.4 is 5.73 Å². The molecule has 96 valence electrons. The first-order valence-corrected chi connectivity index (χ1v) is 6.69. The van der Waals surface area contributed by atoms with Crippen molar-refractivity contribution in [2.75, 3.05) is 5.73 Å². The highest BCUT2D eigenvalue weighted by atomic mass is 35.5. The zero-order valence-electron chi connectivity index (χ0n) is 10.4. The highest BCUT2D eigenvalue weighted by molar-refractivity contribution is 6.34. The van der Waals surface area contributed by atoms with Crippen molar-refractivity contribution in [3.05, 3.63) is 64.2 Å². The molecule has 0 spiro atoms. The molecule has 0 aromatic heterocycles. The van der Waals surface area contributed by atoms with Gasteiger partial charge in [-0.1, -0.05) is 35.9 Å². The van der Waals surface area contributed by atoms with Crippen LogP contribution in [-0.2, 0) is 12.8 Å². The van der Waals surface area contributed by atoms with Crippen molar-refractivity contribution in [3.8, 4) is 0 Å². The number of halogens is 1. The molecule has 0 amide bonds. The summed E-state index contributed by atoms with van der Waals surface area (Å²) in [6.45, 7) is 0. The van der Waals surface area contributed by atoms with Crippen LogP contribution in [-0.4, -0.2) is 5.78 Å². The molecule has 0 saturated heterocycles. The minimum Gasteiger partial charge on any atom is -0.399 e. The van der Waals surface area contributed by atoms with E-state index in [2.05, 4.69) is 12.1 Å². The maximum atomic E-state index is 12.5. The Morgan fingerprint density at radius 2 is 1.74 bits per heavy atom. The summed E-state index contributed by atoms with van der Waals surface area (Å²) in [6, 6.07) is 13.3. The van der Waals surface area contributed by atoms with Gasteiger partial charge < -0.3 is 5.73 Å². The standard InChI is InChI=1S/C16H14ClNO/c17-15-9-13(18)5-6-14(15)16(19)12-7-10-3-1-2-4-11(10)8-12/h1-6,9,12H,7-8,18H2. The molecule has 3 rings (SSSR count). The second kappa shape index (κ2) is 4.71. The normalized spacial score (nSPS) is 14.4. The van der Waals surface area contributed by atoms with Crippen molar-refractivity contribution in [1.29, 1.82) is 0 Å². The van der Waals surface area contributed by atoms with Crippen molar-refractivity contribution in [3.63, 3.8) is 0 Å². The van der Waals surface area contributed by atoms with Gasteiger partial charge in [0.2, 0.25) is 0 Å². The van der Waals surface area contributed by atoms with Crippen LogP contribution in [0.3, 0.4) is 0 Å². The molecule has 19 heavy (non-hydrogen) atoms. The number of anilines is 1. The van der Waals surface area contributed by atoms with E-state index in [4.69, 9.17) is 17.3 Å². The lowest BCUT2D eigenvalue weighted by atomic mass is 9.95. The second-order valence-corrected chi connectivity index (χ2v) is 5.38. The summed E-state index contributed by atoms with van der Waals surface area (Å²) >= 11 is 6.11. The SMILES string of the molecule is Nc1ccc(C(=O)C2Cc3ccccc3C2)c(Cl)c1. The van der Waals surface area contributed by atoms with Gasteiger partial charge in [-0.15, -0.1) is 0 Å². The lowest BCUT2D eigenvalue weighted by molar-refractivity contribution is 0.0925. The average molecular weight is 272 g/mol. The van der Waals surface area contributed by atoms with Crippen molar-refractivity contribution >= 4 is 23.1 Å². The van der Waals surface area contributed by atoms with Gasteiger partial charge in [0.05, 0.1) is 5.02 Å². The number of carbonyl (C=O) groups excluding carboxylic acids is 1. The Labute approximate surface area is 117 Å². The van der Waals surface area contributed by atoms with Gasteiger partial charge in [0.25, 0.3) is 0 Å². The van der Waals surface area contributed by atoms with E-state index < -0.39 is 0 Å². The van der Waals surface area contributed by atoms with Gasteiger partial charge in [-0.2, -0.15) is 0 Å². The molecule has 1 aliphatic rings. The zero-order valence-corrected chi connectivity index (χ0v) is 11.2. The second-order valence-electron chi connectivity index (χ2n) is 4.98. The largest absolute Gasteiger partial charge is 0.399 e. The summed E-state index contributed by atoms with van der Waals surface area (Å²) in [4.78, 5) is 12.5. The Kier molecular flexibility index (Phi) is 3.03. The van der Waals surface area contributed by atoms with E-state index in [-0.39, 0.29) is 11.7 Å². The summed E-state index contributed by atoms with van der Waals surface area (Å²) in [5, 5.41) is 0.445. The van der Waals surface area contributed by atoms with E-state index in [0.29, 0.717) is 16.3 Å². The molecule has 0 bridgehead atoms. The monoisotopic (exact) mass is 271 g/mol. The quantitative estimate of drug-likeness (QED) is 0.671. The van der Waals surface area contributed by atoms with Crippen LogP contribution in [0.15, 0.2) is 42.5 Å². The molecule has 2 N–H and O–H groups in total. The van der Waals surface area contributed by atoms with Gasteiger partial charge in [0.15, 0.2) is 5.78 Å². The molecule has 2 aromatic rings. The van der Waals surface area contributed by atoms with Crippen molar-refractivity contribution in [2.24, 2.45) is 5.92 Å². The molecule has 0 radical (unpaired) electrons. The molecule has 0 saturated carbocycles. The Hall–Kier alpha value is -1.80. The lowest BCUT2D eigenvalue weighted by Crippen LogP contribution is -2.15. The number of ketones is 1. The van der Waals surface area contributed by atoms with Crippen molar-refractivity contribution < 1.29 is 4.79 Å². The number of hydrogen-bond donors (Lipinski definition) is 1. The van der Waals surface area contributed by atoms with Crippen LogP contribution in [0.2, 0.25) is 5.02 Å². The maximum Gasteiger partial charge on any atom is 0.168 e. The summed E-state index contributed by atoms with van der Waals surface area (Å²) in [5.41, 5.74) is 9.35. The zero-order chi connectivity index (χ0) is 13.4. The predicted molar refractivity (Wildman–Crippen MR) is 77.5 cm³/mol. The molecule has 0 fully saturated rings. The van der Waals surface area contributed by atoms with Crippen LogP contribution in [0.1, 0.15) is 21.5 Å². The van der Waals surface area contributed by atoms with Gasteiger partial charge in [-0.3, -0.25) is 4.79 Å². The molecule has 0 heterocycles. The Morgan fingerprint density at radius 3 is 2.32 bits per heavy atom. The van der Waals surface area contributed by atoms with Crippen LogP contribution >= 0.6 is 11.6 Å². The Balaban J connectivity index is 1.87. The molecule has 0 atom stereocenters. The fourth-order valence-electron chi connectivity index (χ4n) is 2.70. The topological polar surface area (TPSA) is 43.1 Å². The average Bonchev–Trinajstić information content (AvgIpc) is 2.81. The van der Waals surface area contributed by atoms with Gasteiger partial charge in [0, 0.05) is 17.2 Å². The van der Waals surface area contributed by atoms with E-state index in [1.807, 2.05) is 12.1 Å². The number of benzene rings is 2. The predicted octanol–water partition coefficient (Wildman–Crippen LogP) is 3.52. The lowest BCUT2D eigenvalue weighted by Gasteiger charge is -2.10. The fraction of sp³-hybridized carbons (Fsp3) is 0.188. The molecule has 3 heteroatoms. The molecular formula is C16H14ClNO. The van der Waals surface area contributed by atoms with Crippen LogP contribution in [0.4, 0.5) is 5.69 Å². The van der Waals surface area contributed by atoms with Crippen molar-refractivity contribution in [1.82, 2.24) is 0 Å². The highest BCUT2D eigenvalue weighted by Gasteiger charge is 2.28. The highest BCUT2D eigenvalue weighted by Crippen LogP contribution is 2.31. The van der Waals surface area contributed by atoms with E-state index in [0.717, 1.165) is 12.8 Å². The molecule has 0 unspecified atom stereocenters. The summed E-state index contributed by atoms with van der Waals surface area (Å²) in [5.74, 6) is 0.111. The van der Waals surface area contributed by atoms with E-state index in [1.165, 1.54) is 11.1 Å². The minimum absolute atomic E-state index is 0.00137. The number of Topliss-reactive ketones (excluding diaryl/α,β-unsaturated/α-hetero) is 1. The van der Waals surface area contributed by atoms with E-state index in [1.54, 1.807) is 18.2 Å². The van der Waals surface area contributed by atoms with Crippen molar-refractivity contribution in [2.45, 2.75) is 12.8 Å². The third-order valence-electron chi connectivity index (χ3n) is 3.68. The van der Waals surface area contributed by atoms with Gasteiger partial charge in [-0.25, -0.2) is 0 Å². The van der Waals surface area contributed by atoms with E-state index in [9.17, 15) is 4.79 Å². The number of fused-ring (bicyclic) bond motifs is 1. The molecule has 1 aliphatic carbocycles. The third-order valence-corrected chi connectivity index (χ3v) is 3.99. The first-order chi connectivity index (χ1) is 9.15. The molecular weight excluding hydrogens is 258 g/mol. The molecule has 2 aromatic carbocycles. The van der Waals surface area contributed by atoms with Crippen LogP contribution in [0.25, 0.3) is 0 Å². The third kappa shape index (κ3) is 2.24. The van der Waals surface area contributed by atoms with Gasteiger partial charge in [-0.05, 0) is 42.2 Å². The Bertz CT molecular complexity index is 626. The summed E-state index contributed by atoms with van der Waals surface area (Å²) < 4.78 is 0.